The standard InChI is InChI=1S/C14H16N2O2/c1-10-7-12(9-18-10)14(17)16(2)8-11-3-5-13(15)6-4-11/h3-7,9H,8,15H2,1-2H3. The summed E-state index contributed by atoms with van der Waals surface area (Å²) in [5.41, 5.74) is 7.96. The van der Waals surface area contributed by atoms with Gasteiger partial charge in [-0.1, -0.05) is 12.1 Å². The molecule has 4 heteroatoms. The summed E-state index contributed by atoms with van der Waals surface area (Å²) in [5.74, 6) is 0.683. The molecule has 0 saturated carbocycles. The van der Waals surface area contributed by atoms with Crippen molar-refractivity contribution in [2.75, 3.05) is 12.8 Å². The van der Waals surface area contributed by atoms with Crippen LogP contribution in [0.15, 0.2) is 41.0 Å². The number of hydrogen-bond donors (Lipinski definition) is 1. The van der Waals surface area contributed by atoms with Crippen LogP contribution in [0.2, 0.25) is 0 Å². The van der Waals surface area contributed by atoms with Crippen molar-refractivity contribution >= 4 is 11.6 Å². The summed E-state index contributed by atoms with van der Waals surface area (Å²) in [6.45, 7) is 2.36. The first-order valence-electron chi connectivity index (χ1n) is 5.71. The van der Waals surface area contributed by atoms with E-state index in [-0.39, 0.29) is 5.91 Å². The summed E-state index contributed by atoms with van der Waals surface area (Å²) in [7, 11) is 1.76. The Labute approximate surface area is 106 Å². The molecule has 94 valence electrons. The zero-order valence-electron chi connectivity index (χ0n) is 10.5. The zero-order chi connectivity index (χ0) is 13.1. The summed E-state index contributed by atoms with van der Waals surface area (Å²) in [4.78, 5) is 13.7. The average Bonchev–Trinajstić information content (AvgIpc) is 2.78. The molecule has 0 radical (unpaired) electrons. The quantitative estimate of drug-likeness (QED) is 0.844. The lowest BCUT2D eigenvalue weighted by molar-refractivity contribution is 0.0784. The second kappa shape index (κ2) is 4.96. The van der Waals surface area contributed by atoms with E-state index in [0.29, 0.717) is 12.1 Å². The fourth-order valence-electron chi connectivity index (χ4n) is 1.74. The van der Waals surface area contributed by atoms with Crippen molar-refractivity contribution < 1.29 is 9.21 Å². The number of nitrogens with two attached hydrogens (primary N) is 1. The molecule has 1 heterocycles. The van der Waals surface area contributed by atoms with E-state index in [1.54, 1.807) is 18.0 Å². The molecule has 0 aliphatic heterocycles. The summed E-state index contributed by atoms with van der Waals surface area (Å²) in [6.07, 6.45) is 1.48. The van der Waals surface area contributed by atoms with Gasteiger partial charge in [0, 0.05) is 19.3 Å². The van der Waals surface area contributed by atoms with Crippen molar-refractivity contribution in [3.63, 3.8) is 0 Å². The maximum absolute atomic E-state index is 12.1. The molecule has 0 aliphatic rings. The van der Waals surface area contributed by atoms with Crippen molar-refractivity contribution in [1.82, 2.24) is 4.90 Å². The smallest absolute Gasteiger partial charge is 0.257 e. The Morgan fingerprint density at radius 3 is 2.56 bits per heavy atom. The zero-order valence-corrected chi connectivity index (χ0v) is 10.5. The highest BCUT2D eigenvalue weighted by atomic mass is 16.3. The number of nitrogen functional groups attached to an aromatic ring is 1. The summed E-state index contributed by atoms with van der Waals surface area (Å²) < 4.78 is 5.14. The number of rotatable bonds is 3. The number of carbonyl (C=O) groups is 1. The van der Waals surface area contributed by atoms with Gasteiger partial charge in [-0.3, -0.25) is 4.79 Å². The first-order valence-corrected chi connectivity index (χ1v) is 5.71. The average molecular weight is 244 g/mol. The molecule has 2 N–H and O–H groups in total. The number of amides is 1. The molecule has 0 aliphatic carbocycles. The fraction of sp³-hybridized carbons (Fsp3) is 0.214. The molecule has 0 saturated heterocycles. The summed E-state index contributed by atoms with van der Waals surface area (Å²) >= 11 is 0. The molecule has 1 amide bonds. The predicted molar refractivity (Wildman–Crippen MR) is 70.1 cm³/mol. The Morgan fingerprint density at radius 1 is 1.33 bits per heavy atom. The van der Waals surface area contributed by atoms with E-state index in [1.807, 2.05) is 31.2 Å². The van der Waals surface area contributed by atoms with Crippen LogP contribution in [0.1, 0.15) is 21.7 Å². The van der Waals surface area contributed by atoms with Crippen LogP contribution in [-0.4, -0.2) is 17.9 Å². The number of anilines is 1. The van der Waals surface area contributed by atoms with Gasteiger partial charge in [0.1, 0.15) is 12.0 Å². The molecule has 2 aromatic rings. The van der Waals surface area contributed by atoms with E-state index in [4.69, 9.17) is 10.2 Å². The van der Waals surface area contributed by atoms with Gasteiger partial charge < -0.3 is 15.1 Å². The molecule has 0 bridgehead atoms. The predicted octanol–water partition coefficient (Wildman–Crippen LogP) is 2.44. The van der Waals surface area contributed by atoms with E-state index < -0.39 is 0 Å². The van der Waals surface area contributed by atoms with Crippen molar-refractivity contribution in [2.45, 2.75) is 13.5 Å². The van der Waals surface area contributed by atoms with E-state index in [0.717, 1.165) is 17.0 Å². The molecule has 0 fully saturated rings. The van der Waals surface area contributed by atoms with E-state index in [9.17, 15) is 4.79 Å². The summed E-state index contributed by atoms with van der Waals surface area (Å²) in [6, 6.07) is 9.23. The number of benzene rings is 1. The van der Waals surface area contributed by atoms with Crippen LogP contribution >= 0.6 is 0 Å². The van der Waals surface area contributed by atoms with E-state index in [2.05, 4.69) is 0 Å². The molecule has 4 nitrogen and oxygen atoms in total. The molecule has 0 atom stereocenters. The molecule has 0 spiro atoms. The second-order valence-electron chi connectivity index (χ2n) is 4.35. The number of hydrogen-bond acceptors (Lipinski definition) is 3. The van der Waals surface area contributed by atoms with Crippen molar-refractivity contribution in [3.8, 4) is 0 Å². The van der Waals surface area contributed by atoms with Crippen LogP contribution in [-0.2, 0) is 6.54 Å². The van der Waals surface area contributed by atoms with Crippen LogP contribution in [0.25, 0.3) is 0 Å². The van der Waals surface area contributed by atoms with Crippen LogP contribution in [0.5, 0.6) is 0 Å². The van der Waals surface area contributed by atoms with Gasteiger partial charge in [-0.05, 0) is 30.7 Å². The minimum Gasteiger partial charge on any atom is -0.469 e. The SMILES string of the molecule is Cc1cc(C(=O)N(C)Cc2ccc(N)cc2)co1. The highest BCUT2D eigenvalue weighted by molar-refractivity contribution is 5.93. The van der Waals surface area contributed by atoms with Gasteiger partial charge in [0.25, 0.3) is 5.91 Å². The molecule has 0 unspecified atom stereocenters. The Bertz CT molecular complexity index is 543. The van der Waals surface area contributed by atoms with Crippen molar-refractivity contribution in [3.05, 3.63) is 53.5 Å². The van der Waals surface area contributed by atoms with Gasteiger partial charge in [0.05, 0.1) is 5.56 Å². The molecule has 1 aromatic heterocycles. The minimum absolute atomic E-state index is 0.0522. The van der Waals surface area contributed by atoms with Crippen molar-refractivity contribution in [1.29, 1.82) is 0 Å². The fourth-order valence-corrected chi connectivity index (χ4v) is 1.74. The molecule has 2 rings (SSSR count). The molecular formula is C14H16N2O2. The molecule has 1 aromatic carbocycles. The van der Waals surface area contributed by atoms with Crippen LogP contribution < -0.4 is 5.73 Å². The Morgan fingerprint density at radius 2 is 2.00 bits per heavy atom. The maximum atomic E-state index is 12.1. The minimum atomic E-state index is -0.0522. The molecular weight excluding hydrogens is 228 g/mol. The third-order valence-corrected chi connectivity index (χ3v) is 2.72. The monoisotopic (exact) mass is 244 g/mol. The summed E-state index contributed by atoms with van der Waals surface area (Å²) in [5, 5.41) is 0. The first-order chi connectivity index (χ1) is 8.56. The Kier molecular flexibility index (Phi) is 3.37. The van der Waals surface area contributed by atoms with Crippen LogP contribution in [0.4, 0.5) is 5.69 Å². The van der Waals surface area contributed by atoms with Gasteiger partial charge in [-0.15, -0.1) is 0 Å². The highest BCUT2D eigenvalue weighted by Gasteiger charge is 2.13. The van der Waals surface area contributed by atoms with E-state index in [1.165, 1.54) is 6.26 Å². The topological polar surface area (TPSA) is 59.5 Å². The lowest BCUT2D eigenvalue weighted by Gasteiger charge is -2.16. The Hall–Kier alpha value is -2.23. The van der Waals surface area contributed by atoms with Gasteiger partial charge >= 0.3 is 0 Å². The third kappa shape index (κ3) is 2.71. The van der Waals surface area contributed by atoms with Gasteiger partial charge in [-0.2, -0.15) is 0 Å². The normalized spacial score (nSPS) is 10.3. The third-order valence-electron chi connectivity index (χ3n) is 2.72. The maximum Gasteiger partial charge on any atom is 0.257 e. The van der Waals surface area contributed by atoms with Gasteiger partial charge in [0.15, 0.2) is 0 Å². The number of nitrogens with zero attached hydrogens (tertiary/aromatic N) is 1. The van der Waals surface area contributed by atoms with Crippen LogP contribution in [0.3, 0.4) is 0 Å². The lowest BCUT2D eigenvalue weighted by atomic mass is 10.2. The number of carbonyl (C=O) groups excluding carboxylic acids is 1. The van der Waals surface area contributed by atoms with Gasteiger partial charge in [0.2, 0.25) is 0 Å². The van der Waals surface area contributed by atoms with Crippen LogP contribution in [0, 0.1) is 6.92 Å². The lowest BCUT2D eigenvalue weighted by Crippen LogP contribution is -2.25. The Balaban J connectivity index is 2.05. The second-order valence-corrected chi connectivity index (χ2v) is 4.35. The van der Waals surface area contributed by atoms with Gasteiger partial charge in [-0.25, -0.2) is 0 Å². The number of furan rings is 1. The largest absolute Gasteiger partial charge is 0.469 e. The first kappa shape index (κ1) is 12.2. The van der Waals surface area contributed by atoms with Crippen molar-refractivity contribution in [2.24, 2.45) is 0 Å². The highest BCUT2D eigenvalue weighted by Crippen LogP contribution is 2.12. The number of aryl methyl sites for hydroxylation is 1. The molecule has 18 heavy (non-hydrogen) atoms. The van der Waals surface area contributed by atoms with E-state index >= 15 is 0 Å².